The number of halogens is 4. The first-order valence-electron chi connectivity index (χ1n) is 7.57. The number of phenols is 1. The number of aromatic hydroxyl groups is 1. The van der Waals surface area contributed by atoms with Crippen molar-refractivity contribution in [1.29, 1.82) is 5.26 Å². The van der Waals surface area contributed by atoms with Crippen LogP contribution in [0.3, 0.4) is 0 Å². The van der Waals surface area contributed by atoms with Crippen LogP contribution in [-0.2, 0) is 20.4 Å². The maximum Gasteiger partial charge on any atom is 0.416 e. The third-order valence-electron chi connectivity index (χ3n) is 3.82. The largest absolute Gasteiger partial charge is 0.508 e. The van der Waals surface area contributed by atoms with Gasteiger partial charge in [-0.1, -0.05) is 0 Å². The Kier molecular flexibility index (Phi) is 5.35. The van der Waals surface area contributed by atoms with Crippen molar-refractivity contribution < 1.29 is 36.9 Å². The summed E-state index contributed by atoms with van der Waals surface area (Å²) >= 11 is 0. The molecule has 1 aliphatic rings. The number of benzene rings is 1. The van der Waals surface area contributed by atoms with E-state index in [9.17, 15) is 32.7 Å². The molecule has 0 fully saturated rings. The number of hydrogen-bond donors (Lipinski definition) is 2. The molecule has 10 heteroatoms. The lowest BCUT2D eigenvalue weighted by Gasteiger charge is -2.27. The fourth-order valence-corrected chi connectivity index (χ4v) is 2.70. The molecule has 1 aromatic rings. The van der Waals surface area contributed by atoms with E-state index in [-0.39, 0.29) is 24.0 Å². The first-order valence-corrected chi connectivity index (χ1v) is 7.57. The second kappa shape index (κ2) is 7.19. The van der Waals surface area contributed by atoms with Gasteiger partial charge in [-0.15, -0.1) is 0 Å². The number of hydrogen-bond acceptors (Lipinski definition) is 6. The minimum Gasteiger partial charge on any atom is -0.508 e. The quantitative estimate of drug-likeness (QED) is 0.611. The molecule has 2 rings (SSSR count). The van der Waals surface area contributed by atoms with E-state index < -0.39 is 52.2 Å². The van der Waals surface area contributed by atoms with Gasteiger partial charge in [0.1, 0.15) is 29.0 Å². The number of nitriles is 1. The monoisotopic (exact) mass is 386 g/mol. The van der Waals surface area contributed by atoms with Crippen molar-refractivity contribution >= 4 is 5.97 Å². The van der Waals surface area contributed by atoms with Crippen LogP contribution in [0.1, 0.15) is 30.9 Å². The molecule has 0 bridgehead atoms. The standard InChI is InChI=1S/C17H14F4N2O4/c1-3-26-16(25)12-7(2)27-15(23)9(6-22)13(12)14-10(18)4-8(5-11(14)24)17(19,20)21/h4-5,13,24H,3,23H2,1-2H3. The van der Waals surface area contributed by atoms with Gasteiger partial charge in [0.15, 0.2) is 0 Å². The summed E-state index contributed by atoms with van der Waals surface area (Å²) < 4.78 is 63.0. The van der Waals surface area contributed by atoms with Crippen molar-refractivity contribution in [3.05, 3.63) is 51.9 Å². The molecule has 1 heterocycles. The van der Waals surface area contributed by atoms with Gasteiger partial charge in [0.2, 0.25) is 5.88 Å². The summed E-state index contributed by atoms with van der Waals surface area (Å²) in [6, 6.07) is 2.10. The highest BCUT2D eigenvalue weighted by atomic mass is 19.4. The van der Waals surface area contributed by atoms with E-state index in [1.807, 2.05) is 0 Å². The minimum atomic E-state index is -4.91. The lowest BCUT2D eigenvalue weighted by Crippen LogP contribution is -2.26. The molecule has 1 aliphatic heterocycles. The first kappa shape index (κ1) is 20.1. The number of rotatable bonds is 3. The molecule has 144 valence electrons. The maximum atomic E-state index is 14.6. The van der Waals surface area contributed by atoms with Crippen LogP contribution in [0.4, 0.5) is 17.6 Å². The van der Waals surface area contributed by atoms with Crippen molar-refractivity contribution in [2.24, 2.45) is 5.73 Å². The Labute approximate surface area is 151 Å². The number of nitrogens with zero attached hydrogens (tertiary/aromatic N) is 1. The van der Waals surface area contributed by atoms with Crippen molar-refractivity contribution in [2.45, 2.75) is 25.9 Å². The molecule has 3 N–H and O–H groups in total. The third-order valence-corrected chi connectivity index (χ3v) is 3.82. The highest BCUT2D eigenvalue weighted by Gasteiger charge is 2.41. The Morgan fingerprint density at radius 2 is 2.07 bits per heavy atom. The summed E-state index contributed by atoms with van der Waals surface area (Å²) in [4.78, 5) is 12.3. The fraction of sp³-hybridized carbons (Fsp3) is 0.294. The summed E-state index contributed by atoms with van der Waals surface area (Å²) in [6.45, 7) is 2.72. The average Bonchev–Trinajstić information content (AvgIpc) is 2.53. The van der Waals surface area contributed by atoms with Gasteiger partial charge < -0.3 is 20.3 Å². The van der Waals surface area contributed by atoms with Crippen molar-refractivity contribution in [3.8, 4) is 11.8 Å². The Morgan fingerprint density at radius 3 is 2.56 bits per heavy atom. The van der Waals surface area contributed by atoms with Gasteiger partial charge in [0.25, 0.3) is 0 Å². The zero-order chi connectivity index (χ0) is 20.5. The number of carbonyl (C=O) groups is 1. The third kappa shape index (κ3) is 3.67. The number of nitrogens with two attached hydrogens (primary N) is 1. The van der Waals surface area contributed by atoms with Crippen LogP contribution in [0.5, 0.6) is 5.75 Å². The summed E-state index contributed by atoms with van der Waals surface area (Å²) in [5.41, 5.74) is 2.67. The van der Waals surface area contributed by atoms with E-state index in [0.29, 0.717) is 6.07 Å². The van der Waals surface area contributed by atoms with Crippen LogP contribution in [0.15, 0.2) is 34.9 Å². The number of esters is 1. The van der Waals surface area contributed by atoms with Gasteiger partial charge >= 0.3 is 12.1 Å². The van der Waals surface area contributed by atoms with Gasteiger partial charge in [-0.25, -0.2) is 9.18 Å². The molecule has 0 spiro atoms. The van der Waals surface area contributed by atoms with Gasteiger partial charge in [0, 0.05) is 5.56 Å². The van der Waals surface area contributed by atoms with Gasteiger partial charge in [-0.3, -0.25) is 0 Å². The van der Waals surface area contributed by atoms with Crippen LogP contribution >= 0.6 is 0 Å². The number of ether oxygens (including phenoxy) is 2. The lowest BCUT2D eigenvalue weighted by atomic mass is 9.82. The molecular weight excluding hydrogens is 372 g/mol. The number of alkyl halides is 3. The second-order valence-corrected chi connectivity index (χ2v) is 5.50. The normalized spacial score (nSPS) is 17.4. The molecule has 0 saturated heterocycles. The molecule has 0 radical (unpaired) electrons. The van der Waals surface area contributed by atoms with E-state index >= 15 is 0 Å². The van der Waals surface area contributed by atoms with E-state index in [4.69, 9.17) is 15.2 Å². The Morgan fingerprint density at radius 1 is 1.44 bits per heavy atom. The van der Waals surface area contributed by atoms with Crippen molar-refractivity contribution in [1.82, 2.24) is 0 Å². The van der Waals surface area contributed by atoms with Gasteiger partial charge in [0.05, 0.1) is 23.7 Å². The van der Waals surface area contributed by atoms with Gasteiger partial charge in [-0.2, -0.15) is 18.4 Å². The molecule has 0 aliphatic carbocycles. The smallest absolute Gasteiger partial charge is 0.416 e. The SMILES string of the molecule is CCOC(=O)C1=C(C)OC(N)=C(C#N)C1c1c(O)cc(C(F)(F)F)cc1F. The van der Waals surface area contributed by atoms with Crippen molar-refractivity contribution in [2.75, 3.05) is 6.61 Å². The maximum absolute atomic E-state index is 14.6. The Balaban J connectivity index is 2.76. The highest BCUT2D eigenvalue weighted by molar-refractivity contribution is 5.92. The van der Waals surface area contributed by atoms with Crippen molar-refractivity contribution in [3.63, 3.8) is 0 Å². The van der Waals surface area contributed by atoms with Crippen LogP contribution in [0.25, 0.3) is 0 Å². The molecule has 6 nitrogen and oxygen atoms in total. The highest BCUT2D eigenvalue weighted by Crippen LogP contribution is 2.45. The van der Waals surface area contributed by atoms with E-state index in [2.05, 4.69) is 0 Å². The topological polar surface area (TPSA) is 106 Å². The molecule has 0 amide bonds. The summed E-state index contributed by atoms with van der Waals surface area (Å²) in [5.74, 6) is -5.74. The van der Waals surface area contributed by atoms with Crippen LogP contribution in [0.2, 0.25) is 0 Å². The first-order chi connectivity index (χ1) is 12.5. The zero-order valence-corrected chi connectivity index (χ0v) is 14.1. The Hall–Kier alpha value is -3.22. The number of phenolic OH excluding ortho intramolecular Hbond substituents is 1. The zero-order valence-electron chi connectivity index (χ0n) is 14.1. The van der Waals surface area contributed by atoms with Gasteiger partial charge in [-0.05, 0) is 26.0 Å². The van der Waals surface area contributed by atoms with Crippen LogP contribution in [-0.4, -0.2) is 17.7 Å². The molecule has 0 aromatic heterocycles. The lowest BCUT2D eigenvalue weighted by molar-refractivity contribution is -0.139. The van der Waals surface area contributed by atoms with E-state index in [1.165, 1.54) is 13.8 Å². The fourth-order valence-electron chi connectivity index (χ4n) is 2.70. The summed E-state index contributed by atoms with van der Waals surface area (Å²) in [5, 5.41) is 19.4. The molecule has 1 atom stereocenters. The number of allylic oxidation sites excluding steroid dienone is 2. The molecule has 1 unspecified atom stereocenters. The minimum absolute atomic E-state index is 0.0646. The second-order valence-electron chi connectivity index (χ2n) is 5.50. The summed E-state index contributed by atoms with van der Waals surface area (Å²) in [6.07, 6.45) is -4.91. The Bertz CT molecular complexity index is 874. The van der Waals surface area contributed by atoms with Crippen LogP contribution < -0.4 is 5.73 Å². The molecular formula is C17H14F4N2O4. The summed E-state index contributed by atoms with van der Waals surface area (Å²) in [7, 11) is 0. The van der Waals surface area contributed by atoms with E-state index in [1.54, 1.807) is 6.07 Å². The van der Waals surface area contributed by atoms with E-state index in [0.717, 1.165) is 0 Å². The molecule has 1 aromatic carbocycles. The number of carbonyl (C=O) groups excluding carboxylic acids is 1. The average molecular weight is 386 g/mol. The molecule has 27 heavy (non-hydrogen) atoms. The predicted molar refractivity (Wildman–Crippen MR) is 83.1 cm³/mol. The predicted octanol–water partition coefficient (Wildman–Crippen LogP) is 3.19. The molecule has 0 saturated carbocycles. The van der Waals surface area contributed by atoms with Crippen LogP contribution in [0, 0.1) is 17.1 Å².